The Morgan fingerprint density at radius 3 is 2.27 bits per heavy atom. The molecule has 40 heavy (non-hydrogen) atoms. The summed E-state index contributed by atoms with van der Waals surface area (Å²) in [5.41, 5.74) is 7.62. The predicted molar refractivity (Wildman–Crippen MR) is 170 cm³/mol. The lowest BCUT2D eigenvalue weighted by Gasteiger charge is -2.32. The van der Waals surface area contributed by atoms with E-state index in [1.165, 1.54) is 42.0 Å². The number of ketones is 3. The van der Waals surface area contributed by atoms with Crippen molar-refractivity contribution >= 4 is 22.9 Å². The Balaban J connectivity index is 0.00000178. The Morgan fingerprint density at radius 1 is 1.02 bits per heavy atom. The van der Waals surface area contributed by atoms with E-state index in [-0.39, 0.29) is 41.5 Å². The summed E-state index contributed by atoms with van der Waals surface area (Å²) in [7, 11) is 0. The number of carbonyl (C=O) groups is 3. The van der Waals surface area contributed by atoms with Crippen molar-refractivity contribution in [2.45, 2.75) is 133 Å². The number of aryl methyl sites for hydroxylation is 1. The van der Waals surface area contributed by atoms with Crippen LogP contribution in [0, 0.1) is 30.1 Å². The molecule has 3 rings (SSSR count). The molecule has 3 unspecified atom stereocenters. The highest BCUT2D eigenvalue weighted by molar-refractivity contribution is 6.01. The Bertz CT molecular complexity index is 1100. The third-order valence-corrected chi connectivity index (χ3v) is 8.39. The zero-order chi connectivity index (χ0) is 30.0. The van der Waals surface area contributed by atoms with E-state index >= 15 is 0 Å². The van der Waals surface area contributed by atoms with Crippen LogP contribution in [0.5, 0.6) is 0 Å². The highest BCUT2D eigenvalue weighted by atomic mass is 16.1. The monoisotopic (exact) mass is 548 g/mol. The van der Waals surface area contributed by atoms with Gasteiger partial charge >= 0.3 is 0 Å². The van der Waals surface area contributed by atoms with Gasteiger partial charge in [-0.1, -0.05) is 97.6 Å². The van der Waals surface area contributed by atoms with Crippen LogP contribution < -0.4 is 0 Å². The summed E-state index contributed by atoms with van der Waals surface area (Å²) in [6, 6.07) is 4.35. The minimum atomic E-state index is -0.0931. The molecule has 0 amide bonds. The highest BCUT2D eigenvalue weighted by Gasteiger charge is 2.34. The molecule has 0 heterocycles. The number of fused-ring (bicyclic) bond motifs is 1. The van der Waals surface area contributed by atoms with Crippen molar-refractivity contribution < 1.29 is 14.4 Å². The second-order valence-electron chi connectivity index (χ2n) is 13.6. The summed E-state index contributed by atoms with van der Waals surface area (Å²) in [4.78, 5) is 38.1. The zero-order valence-electron chi connectivity index (χ0n) is 27.0. The maximum absolute atomic E-state index is 13.5. The quantitative estimate of drug-likeness (QED) is 0.244. The normalized spacial score (nSPS) is 18.2. The van der Waals surface area contributed by atoms with Gasteiger partial charge in [0.2, 0.25) is 0 Å². The lowest BCUT2D eigenvalue weighted by molar-refractivity contribution is -0.129. The number of hydrogen-bond acceptors (Lipinski definition) is 3. The van der Waals surface area contributed by atoms with E-state index in [0.717, 1.165) is 56.1 Å². The van der Waals surface area contributed by atoms with Crippen molar-refractivity contribution in [3.8, 4) is 0 Å². The fourth-order valence-electron chi connectivity index (χ4n) is 6.51. The standard InChI is InChI=1S/C34H48O3.C3H8/c1-8-10-26(28(9-2)31(36)17-23(4)35)19-25-20-30-29(14-11-22(3)33(30)32(37)21-25)27-13-12-24(18-27)15-16-34(5,6)7;1-3-2/h11-14,25-26,28H,8-10,15-21H2,1-7H3;3H2,1-2H3. The Hall–Kier alpha value is -2.29. The average molecular weight is 549 g/mol. The van der Waals surface area contributed by atoms with Crippen LogP contribution in [-0.4, -0.2) is 17.3 Å². The van der Waals surface area contributed by atoms with Gasteiger partial charge in [0.1, 0.15) is 11.6 Å². The Labute approximate surface area is 245 Å². The molecule has 0 radical (unpaired) electrons. The van der Waals surface area contributed by atoms with Crippen molar-refractivity contribution in [1.29, 1.82) is 0 Å². The Morgan fingerprint density at radius 2 is 1.70 bits per heavy atom. The molecule has 2 aliphatic carbocycles. The van der Waals surface area contributed by atoms with E-state index < -0.39 is 0 Å². The van der Waals surface area contributed by atoms with Gasteiger partial charge in [-0.3, -0.25) is 14.4 Å². The molecule has 0 bridgehead atoms. The molecule has 0 saturated heterocycles. The summed E-state index contributed by atoms with van der Waals surface area (Å²) in [5.74, 6) is 0.656. The summed E-state index contributed by atoms with van der Waals surface area (Å²) < 4.78 is 0. The molecule has 3 nitrogen and oxygen atoms in total. The first-order valence-electron chi connectivity index (χ1n) is 15.9. The maximum atomic E-state index is 13.5. The van der Waals surface area contributed by atoms with E-state index in [0.29, 0.717) is 11.8 Å². The summed E-state index contributed by atoms with van der Waals surface area (Å²) in [6.07, 6.45) is 14.2. The second kappa shape index (κ2) is 15.6. The number of carbonyl (C=O) groups excluding carboxylic acids is 3. The molecule has 0 saturated carbocycles. The van der Waals surface area contributed by atoms with Crippen LogP contribution in [-0.2, 0) is 16.0 Å². The van der Waals surface area contributed by atoms with E-state index in [1.807, 2.05) is 0 Å². The van der Waals surface area contributed by atoms with Gasteiger partial charge in [-0.2, -0.15) is 0 Å². The van der Waals surface area contributed by atoms with E-state index in [2.05, 4.69) is 79.7 Å². The summed E-state index contributed by atoms with van der Waals surface area (Å²) in [6.45, 7) is 18.9. The number of Topliss-reactive ketones (excluding diaryl/α,β-unsaturated/α-hetero) is 3. The highest BCUT2D eigenvalue weighted by Crippen LogP contribution is 2.41. The molecule has 1 aromatic carbocycles. The number of benzene rings is 1. The molecular formula is C37H56O3. The van der Waals surface area contributed by atoms with E-state index in [9.17, 15) is 14.4 Å². The van der Waals surface area contributed by atoms with Gasteiger partial charge in [0.05, 0.1) is 6.42 Å². The minimum absolute atomic E-state index is 0.0349. The van der Waals surface area contributed by atoms with Crippen LogP contribution in [0.25, 0.3) is 5.57 Å². The third-order valence-electron chi connectivity index (χ3n) is 8.39. The first-order valence-corrected chi connectivity index (χ1v) is 15.9. The largest absolute Gasteiger partial charge is 0.300 e. The van der Waals surface area contributed by atoms with Gasteiger partial charge in [0.25, 0.3) is 0 Å². The van der Waals surface area contributed by atoms with Crippen molar-refractivity contribution in [3.05, 3.63) is 52.1 Å². The van der Waals surface area contributed by atoms with Crippen molar-refractivity contribution in [2.75, 3.05) is 0 Å². The Kier molecular flexibility index (Phi) is 13.3. The summed E-state index contributed by atoms with van der Waals surface area (Å²) in [5, 5.41) is 0. The van der Waals surface area contributed by atoms with Gasteiger partial charge in [0, 0.05) is 17.9 Å². The number of allylic oxidation sites excluding steroid dienone is 4. The van der Waals surface area contributed by atoms with Gasteiger partial charge in [-0.05, 0) is 91.9 Å². The molecule has 3 atom stereocenters. The van der Waals surface area contributed by atoms with Crippen LogP contribution in [0.4, 0.5) is 0 Å². The number of hydrogen-bond donors (Lipinski definition) is 0. The van der Waals surface area contributed by atoms with Crippen molar-refractivity contribution in [2.24, 2.45) is 23.2 Å². The molecule has 2 aliphatic rings. The first-order chi connectivity index (χ1) is 18.8. The van der Waals surface area contributed by atoms with Crippen molar-refractivity contribution in [3.63, 3.8) is 0 Å². The molecule has 0 aliphatic heterocycles. The molecule has 1 aromatic rings. The molecule has 0 aromatic heterocycles. The third kappa shape index (κ3) is 9.67. The topological polar surface area (TPSA) is 51.2 Å². The second-order valence-corrected chi connectivity index (χ2v) is 13.6. The molecule has 3 heteroatoms. The SMILES string of the molecule is CCC.CCCC(CC1CC(=O)c2c(C)ccc(C3=CC=C(CCC(C)(C)C)C3)c2C1)C(CC)C(=O)CC(C)=O. The van der Waals surface area contributed by atoms with Gasteiger partial charge < -0.3 is 0 Å². The fourth-order valence-corrected chi connectivity index (χ4v) is 6.51. The summed E-state index contributed by atoms with van der Waals surface area (Å²) >= 11 is 0. The molecule has 0 spiro atoms. The first kappa shape index (κ1) is 33.9. The molecule has 0 fully saturated rings. The van der Waals surface area contributed by atoms with E-state index in [4.69, 9.17) is 0 Å². The van der Waals surface area contributed by atoms with Crippen LogP contribution in [0.1, 0.15) is 147 Å². The predicted octanol–water partition coefficient (Wildman–Crippen LogP) is 10.1. The van der Waals surface area contributed by atoms with Gasteiger partial charge in [-0.15, -0.1) is 0 Å². The minimum Gasteiger partial charge on any atom is -0.300 e. The van der Waals surface area contributed by atoms with Gasteiger partial charge in [0.15, 0.2) is 5.78 Å². The average Bonchev–Trinajstić information content (AvgIpc) is 3.32. The lowest BCUT2D eigenvalue weighted by Crippen LogP contribution is -2.30. The van der Waals surface area contributed by atoms with Crippen LogP contribution in [0.2, 0.25) is 0 Å². The van der Waals surface area contributed by atoms with Gasteiger partial charge in [-0.25, -0.2) is 0 Å². The van der Waals surface area contributed by atoms with Crippen LogP contribution >= 0.6 is 0 Å². The van der Waals surface area contributed by atoms with E-state index in [1.54, 1.807) is 0 Å². The molecular weight excluding hydrogens is 492 g/mol. The fraction of sp³-hybridized carbons (Fsp3) is 0.649. The number of rotatable bonds is 12. The maximum Gasteiger partial charge on any atom is 0.163 e. The smallest absolute Gasteiger partial charge is 0.163 e. The van der Waals surface area contributed by atoms with Crippen LogP contribution in [0.3, 0.4) is 0 Å². The van der Waals surface area contributed by atoms with Crippen molar-refractivity contribution in [1.82, 2.24) is 0 Å². The molecule has 0 N–H and O–H groups in total. The van der Waals surface area contributed by atoms with Crippen LogP contribution in [0.15, 0.2) is 29.9 Å². The lowest BCUT2D eigenvalue weighted by atomic mass is 9.71. The molecule has 222 valence electrons. The zero-order valence-corrected chi connectivity index (χ0v) is 27.0.